The van der Waals surface area contributed by atoms with Crippen molar-refractivity contribution in [2.75, 3.05) is 10.6 Å². The van der Waals surface area contributed by atoms with Gasteiger partial charge in [0.05, 0.1) is 5.92 Å². The van der Waals surface area contributed by atoms with Gasteiger partial charge in [-0.15, -0.1) is 0 Å². The Morgan fingerprint density at radius 3 is 1.94 bits per heavy atom. The molecule has 0 aliphatic heterocycles. The van der Waals surface area contributed by atoms with Crippen LogP contribution < -0.4 is 10.6 Å². The smallest absolute Gasteiger partial charge is 0.255 e. The van der Waals surface area contributed by atoms with E-state index in [1.807, 2.05) is 44.2 Å². The van der Waals surface area contributed by atoms with E-state index in [0.29, 0.717) is 22.9 Å². The SMILES string of the molecule is Cc1ccccc1C(=O)Nc1ccc(NC(=O)C(C)c2ccc(CC(C)C)cc2)cc1. The van der Waals surface area contributed by atoms with Crippen molar-refractivity contribution in [1.29, 1.82) is 0 Å². The second kappa shape index (κ2) is 10.1. The summed E-state index contributed by atoms with van der Waals surface area (Å²) in [6.45, 7) is 8.21. The van der Waals surface area contributed by atoms with Gasteiger partial charge in [-0.25, -0.2) is 0 Å². The first-order valence-corrected chi connectivity index (χ1v) is 10.7. The number of carbonyl (C=O) groups is 2. The van der Waals surface area contributed by atoms with Crippen LogP contribution in [-0.2, 0) is 11.2 Å². The molecule has 0 radical (unpaired) electrons. The van der Waals surface area contributed by atoms with Crippen molar-refractivity contribution < 1.29 is 9.59 Å². The molecule has 0 bridgehead atoms. The number of benzene rings is 3. The molecule has 0 saturated carbocycles. The van der Waals surface area contributed by atoms with Crippen LogP contribution in [0.4, 0.5) is 11.4 Å². The number of carbonyl (C=O) groups excluding carboxylic acids is 2. The van der Waals surface area contributed by atoms with E-state index in [9.17, 15) is 9.59 Å². The lowest BCUT2D eigenvalue weighted by Gasteiger charge is -2.14. The molecular weight excluding hydrogens is 384 g/mol. The fraction of sp³-hybridized carbons (Fsp3) is 0.259. The van der Waals surface area contributed by atoms with Gasteiger partial charge in [0.25, 0.3) is 5.91 Å². The summed E-state index contributed by atoms with van der Waals surface area (Å²) in [5.74, 6) is 0.141. The summed E-state index contributed by atoms with van der Waals surface area (Å²) in [5.41, 5.74) is 5.23. The summed E-state index contributed by atoms with van der Waals surface area (Å²) in [5, 5.41) is 5.85. The highest BCUT2D eigenvalue weighted by Crippen LogP contribution is 2.21. The third kappa shape index (κ3) is 6.05. The Morgan fingerprint density at radius 1 is 0.774 bits per heavy atom. The summed E-state index contributed by atoms with van der Waals surface area (Å²) in [4.78, 5) is 25.1. The highest BCUT2D eigenvalue weighted by atomic mass is 16.2. The number of aryl methyl sites for hydroxylation is 1. The molecule has 0 saturated heterocycles. The zero-order chi connectivity index (χ0) is 22.4. The van der Waals surface area contributed by atoms with Gasteiger partial charge in [-0.2, -0.15) is 0 Å². The normalized spacial score (nSPS) is 11.8. The van der Waals surface area contributed by atoms with Gasteiger partial charge in [0.1, 0.15) is 0 Å². The van der Waals surface area contributed by atoms with Crippen LogP contribution in [0.15, 0.2) is 72.8 Å². The van der Waals surface area contributed by atoms with E-state index in [1.165, 1.54) is 5.56 Å². The zero-order valence-electron chi connectivity index (χ0n) is 18.6. The van der Waals surface area contributed by atoms with E-state index in [4.69, 9.17) is 0 Å². The Kier molecular flexibility index (Phi) is 7.24. The molecule has 0 aliphatic carbocycles. The van der Waals surface area contributed by atoms with Gasteiger partial charge >= 0.3 is 0 Å². The first-order valence-electron chi connectivity index (χ1n) is 10.7. The second-order valence-corrected chi connectivity index (χ2v) is 8.40. The Morgan fingerprint density at radius 2 is 1.35 bits per heavy atom. The Balaban J connectivity index is 1.59. The topological polar surface area (TPSA) is 58.2 Å². The minimum atomic E-state index is -0.256. The summed E-state index contributed by atoms with van der Waals surface area (Å²) < 4.78 is 0. The average Bonchev–Trinajstić information content (AvgIpc) is 2.75. The molecule has 31 heavy (non-hydrogen) atoms. The van der Waals surface area contributed by atoms with Crippen LogP contribution in [0, 0.1) is 12.8 Å². The third-order valence-electron chi connectivity index (χ3n) is 5.32. The number of rotatable bonds is 7. The van der Waals surface area contributed by atoms with Crippen LogP contribution in [0.5, 0.6) is 0 Å². The Labute approximate surface area is 184 Å². The fourth-order valence-corrected chi connectivity index (χ4v) is 3.48. The summed E-state index contributed by atoms with van der Waals surface area (Å²) in [6.07, 6.45) is 1.04. The molecule has 0 fully saturated rings. The fourth-order valence-electron chi connectivity index (χ4n) is 3.48. The van der Waals surface area contributed by atoms with E-state index in [2.05, 4.69) is 36.6 Å². The van der Waals surface area contributed by atoms with E-state index >= 15 is 0 Å². The maximum absolute atomic E-state index is 12.7. The highest BCUT2D eigenvalue weighted by Gasteiger charge is 2.16. The number of hydrogen-bond donors (Lipinski definition) is 2. The molecule has 0 heterocycles. The average molecular weight is 415 g/mol. The molecule has 2 N–H and O–H groups in total. The highest BCUT2D eigenvalue weighted by molar-refractivity contribution is 6.05. The predicted molar refractivity (Wildman–Crippen MR) is 128 cm³/mol. The summed E-state index contributed by atoms with van der Waals surface area (Å²) in [6, 6.07) is 22.9. The molecule has 3 aromatic carbocycles. The molecule has 3 rings (SSSR count). The Hall–Kier alpha value is -3.40. The molecule has 0 aliphatic rings. The van der Waals surface area contributed by atoms with Gasteiger partial charge in [-0.1, -0.05) is 56.3 Å². The minimum Gasteiger partial charge on any atom is -0.326 e. The van der Waals surface area contributed by atoms with E-state index in [1.54, 1.807) is 30.3 Å². The molecule has 4 nitrogen and oxygen atoms in total. The van der Waals surface area contributed by atoms with Gasteiger partial charge in [-0.05, 0) is 73.2 Å². The van der Waals surface area contributed by atoms with Crippen molar-refractivity contribution in [2.45, 2.75) is 40.0 Å². The minimum absolute atomic E-state index is 0.0618. The summed E-state index contributed by atoms with van der Waals surface area (Å²) >= 11 is 0. The molecule has 2 amide bonds. The third-order valence-corrected chi connectivity index (χ3v) is 5.32. The van der Waals surface area contributed by atoms with Crippen molar-refractivity contribution in [1.82, 2.24) is 0 Å². The molecule has 0 spiro atoms. The van der Waals surface area contributed by atoms with Crippen molar-refractivity contribution in [3.8, 4) is 0 Å². The van der Waals surface area contributed by atoms with Crippen LogP contribution >= 0.6 is 0 Å². The second-order valence-electron chi connectivity index (χ2n) is 8.40. The Bertz CT molecular complexity index is 1040. The molecular formula is C27H30N2O2. The number of amides is 2. The lowest BCUT2D eigenvalue weighted by atomic mass is 9.96. The van der Waals surface area contributed by atoms with Crippen LogP contribution in [0.3, 0.4) is 0 Å². The van der Waals surface area contributed by atoms with Gasteiger partial charge in [-0.3, -0.25) is 9.59 Å². The van der Waals surface area contributed by atoms with Crippen molar-refractivity contribution in [3.63, 3.8) is 0 Å². The standard InChI is InChI=1S/C27H30N2O2/c1-18(2)17-21-9-11-22(12-10-21)20(4)26(30)28-23-13-15-24(16-14-23)29-27(31)25-8-6-5-7-19(25)3/h5-16,18,20H,17H2,1-4H3,(H,28,30)(H,29,31). The first kappa shape index (κ1) is 22.3. The van der Waals surface area contributed by atoms with Crippen molar-refractivity contribution in [2.24, 2.45) is 5.92 Å². The molecule has 0 aromatic heterocycles. The largest absolute Gasteiger partial charge is 0.326 e. The zero-order valence-corrected chi connectivity index (χ0v) is 18.6. The lowest BCUT2D eigenvalue weighted by Crippen LogP contribution is -2.19. The molecule has 160 valence electrons. The van der Waals surface area contributed by atoms with Gasteiger partial charge in [0.15, 0.2) is 0 Å². The van der Waals surface area contributed by atoms with Gasteiger partial charge in [0, 0.05) is 16.9 Å². The lowest BCUT2D eigenvalue weighted by molar-refractivity contribution is -0.117. The van der Waals surface area contributed by atoms with Crippen LogP contribution in [0.25, 0.3) is 0 Å². The quantitative estimate of drug-likeness (QED) is 0.484. The maximum atomic E-state index is 12.7. The van der Waals surface area contributed by atoms with Crippen molar-refractivity contribution >= 4 is 23.2 Å². The first-order chi connectivity index (χ1) is 14.8. The van der Waals surface area contributed by atoms with Gasteiger partial charge < -0.3 is 10.6 Å². The molecule has 1 unspecified atom stereocenters. The van der Waals surface area contributed by atoms with Gasteiger partial charge in [0.2, 0.25) is 5.91 Å². The van der Waals surface area contributed by atoms with Crippen molar-refractivity contribution in [3.05, 3.63) is 95.1 Å². The van der Waals surface area contributed by atoms with Crippen LogP contribution in [-0.4, -0.2) is 11.8 Å². The van der Waals surface area contributed by atoms with Crippen LogP contribution in [0.2, 0.25) is 0 Å². The summed E-state index contributed by atoms with van der Waals surface area (Å²) in [7, 11) is 0. The molecule has 4 heteroatoms. The van der Waals surface area contributed by atoms with E-state index < -0.39 is 0 Å². The maximum Gasteiger partial charge on any atom is 0.255 e. The number of nitrogens with one attached hydrogen (secondary N) is 2. The van der Waals surface area contributed by atoms with E-state index in [0.717, 1.165) is 17.5 Å². The van der Waals surface area contributed by atoms with Crippen LogP contribution in [0.1, 0.15) is 53.7 Å². The predicted octanol–water partition coefficient (Wildman–Crippen LogP) is 6.19. The number of hydrogen-bond acceptors (Lipinski definition) is 2. The number of anilines is 2. The van der Waals surface area contributed by atoms with E-state index in [-0.39, 0.29) is 17.7 Å². The molecule has 3 aromatic rings. The monoisotopic (exact) mass is 414 g/mol. The molecule has 1 atom stereocenters.